The molecular formula is C57H104N8O15S. The lowest BCUT2D eigenvalue weighted by molar-refractivity contribution is -0.157. The number of nitrogens with two attached hydrogens (primary N) is 2. The van der Waals surface area contributed by atoms with Crippen LogP contribution in [0.15, 0.2) is 0 Å². The van der Waals surface area contributed by atoms with Gasteiger partial charge in [-0.15, -0.1) is 0 Å². The van der Waals surface area contributed by atoms with Crippen LogP contribution in [0.2, 0.25) is 0 Å². The van der Waals surface area contributed by atoms with Gasteiger partial charge in [-0.3, -0.25) is 43.2 Å². The number of aliphatic carboxylic acids is 1. The number of carbonyl (C=O) groups is 10. The lowest BCUT2D eigenvalue weighted by Crippen LogP contribution is -2.60. The van der Waals surface area contributed by atoms with Crippen LogP contribution in [-0.4, -0.2) is 155 Å². The fourth-order valence-electron chi connectivity index (χ4n) is 8.47. The fraction of sp³-hybridized carbons (Fsp3) is 0.825. The zero-order valence-corrected chi connectivity index (χ0v) is 50.1. The van der Waals surface area contributed by atoms with Gasteiger partial charge in [0.05, 0.1) is 37.9 Å². The number of amides is 7. The molecule has 0 aromatic rings. The minimum absolute atomic E-state index is 0.0659. The number of aliphatic hydroxyl groups is 2. The monoisotopic (exact) mass is 1170 g/mol. The SMILES string of the molecule is CCCCCCCCCCCCCCCC(=O)OC[C@H](CSC[C@H](N)C(=O)NCC(=O)NCC(=O)NCC(=O)N[C@@H](CCC(N)=O)C(=O)N[C@H](C(=O)N[C@H](C(=O)O)[C@@H](C)O)[C@@H](C)O)OC(=O)CCCCCCCCCCCCCCC. The predicted octanol–water partition coefficient (Wildman–Crippen LogP) is 4.38. The summed E-state index contributed by atoms with van der Waals surface area (Å²) in [4.78, 5) is 125. The van der Waals surface area contributed by atoms with Crippen LogP contribution in [-0.2, 0) is 57.4 Å². The third-order valence-electron chi connectivity index (χ3n) is 13.4. The van der Waals surface area contributed by atoms with Gasteiger partial charge in [0.15, 0.2) is 6.04 Å². The molecule has 468 valence electrons. The Morgan fingerprint density at radius 2 is 0.889 bits per heavy atom. The number of carboxylic acids is 1. The molecule has 0 aromatic heterocycles. The number of carbonyl (C=O) groups excluding carboxylic acids is 9. The Morgan fingerprint density at radius 1 is 0.481 bits per heavy atom. The lowest BCUT2D eigenvalue weighted by Gasteiger charge is -2.26. The van der Waals surface area contributed by atoms with Gasteiger partial charge < -0.3 is 68.2 Å². The number of esters is 2. The molecule has 0 fully saturated rings. The fourth-order valence-corrected chi connectivity index (χ4v) is 9.44. The second-order valence-electron chi connectivity index (χ2n) is 21.1. The molecule has 0 unspecified atom stereocenters. The first-order valence-corrected chi connectivity index (χ1v) is 31.1. The number of rotatable bonds is 53. The van der Waals surface area contributed by atoms with E-state index < -0.39 is 122 Å². The second-order valence-corrected chi connectivity index (χ2v) is 22.2. The number of nitrogens with one attached hydrogen (secondary N) is 6. The Kier molecular flexibility index (Phi) is 46.4. The molecular weight excluding hydrogens is 1070 g/mol. The highest BCUT2D eigenvalue weighted by Crippen LogP contribution is 2.17. The van der Waals surface area contributed by atoms with Crippen molar-refractivity contribution in [2.45, 2.75) is 263 Å². The van der Waals surface area contributed by atoms with Crippen molar-refractivity contribution in [3.05, 3.63) is 0 Å². The van der Waals surface area contributed by atoms with Crippen molar-refractivity contribution >= 4 is 71.0 Å². The highest BCUT2D eigenvalue weighted by atomic mass is 32.2. The second kappa shape index (κ2) is 49.5. The molecule has 0 aromatic carbocycles. The number of carboxylic acid groups (broad SMARTS) is 1. The van der Waals surface area contributed by atoms with Gasteiger partial charge >= 0.3 is 17.9 Å². The van der Waals surface area contributed by atoms with Crippen molar-refractivity contribution in [1.82, 2.24) is 31.9 Å². The average Bonchev–Trinajstić information content (AvgIpc) is 3.42. The van der Waals surface area contributed by atoms with E-state index in [4.69, 9.17) is 20.9 Å². The Bertz CT molecular complexity index is 1810. The van der Waals surface area contributed by atoms with Crippen LogP contribution in [0.1, 0.15) is 220 Å². The van der Waals surface area contributed by atoms with E-state index in [2.05, 4.69) is 40.4 Å². The number of thioether (sulfide) groups is 1. The maximum Gasteiger partial charge on any atom is 0.328 e. The zero-order chi connectivity index (χ0) is 60.6. The van der Waals surface area contributed by atoms with Gasteiger partial charge in [0.2, 0.25) is 41.4 Å². The third-order valence-corrected chi connectivity index (χ3v) is 14.6. The third kappa shape index (κ3) is 43.3. The number of unbranched alkanes of at least 4 members (excludes halogenated alkanes) is 24. The van der Waals surface area contributed by atoms with Crippen LogP contribution in [0.4, 0.5) is 0 Å². The van der Waals surface area contributed by atoms with Gasteiger partial charge in [-0.25, -0.2) is 4.79 Å². The van der Waals surface area contributed by atoms with Crippen molar-refractivity contribution in [2.24, 2.45) is 11.5 Å². The molecule has 0 heterocycles. The van der Waals surface area contributed by atoms with E-state index in [1.165, 1.54) is 127 Å². The minimum Gasteiger partial charge on any atom is -0.480 e. The molecule has 0 radical (unpaired) electrons. The van der Waals surface area contributed by atoms with Gasteiger partial charge in [0.25, 0.3) is 0 Å². The molecule has 7 amide bonds. The van der Waals surface area contributed by atoms with E-state index in [-0.39, 0.29) is 43.3 Å². The van der Waals surface area contributed by atoms with E-state index >= 15 is 0 Å². The maximum atomic E-state index is 13.1. The number of aliphatic hydroxyl groups excluding tert-OH is 2. The Labute approximate surface area is 486 Å². The molecule has 24 heteroatoms. The quantitative estimate of drug-likeness (QED) is 0.0297. The molecule has 23 nitrogen and oxygen atoms in total. The van der Waals surface area contributed by atoms with E-state index in [1.807, 2.05) is 5.32 Å². The van der Waals surface area contributed by atoms with Crippen LogP contribution < -0.4 is 43.4 Å². The van der Waals surface area contributed by atoms with E-state index in [1.54, 1.807) is 0 Å². The zero-order valence-electron chi connectivity index (χ0n) is 49.3. The Balaban J connectivity index is 5.04. The highest BCUT2D eigenvalue weighted by Gasteiger charge is 2.34. The molecule has 0 aliphatic carbocycles. The molecule has 0 rings (SSSR count). The summed E-state index contributed by atoms with van der Waals surface area (Å²) in [5.74, 6) is -8.46. The van der Waals surface area contributed by atoms with E-state index in [0.29, 0.717) is 12.8 Å². The van der Waals surface area contributed by atoms with Gasteiger partial charge in [-0.2, -0.15) is 11.8 Å². The summed E-state index contributed by atoms with van der Waals surface area (Å²) in [5.41, 5.74) is 11.3. The lowest BCUT2D eigenvalue weighted by atomic mass is 10.0. The smallest absolute Gasteiger partial charge is 0.328 e. The van der Waals surface area contributed by atoms with Crippen LogP contribution in [0.3, 0.4) is 0 Å². The van der Waals surface area contributed by atoms with Gasteiger partial charge in [-0.1, -0.05) is 168 Å². The summed E-state index contributed by atoms with van der Waals surface area (Å²) >= 11 is 1.22. The van der Waals surface area contributed by atoms with Crippen LogP contribution >= 0.6 is 11.8 Å². The van der Waals surface area contributed by atoms with Crippen molar-refractivity contribution in [3.63, 3.8) is 0 Å². The highest BCUT2D eigenvalue weighted by molar-refractivity contribution is 7.99. The molecule has 0 spiro atoms. The number of hydrogen-bond acceptors (Lipinski definition) is 16. The molecule has 0 bridgehead atoms. The van der Waals surface area contributed by atoms with E-state index in [9.17, 15) is 63.3 Å². The maximum absolute atomic E-state index is 13.1. The van der Waals surface area contributed by atoms with Crippen molar-refractivity contribution in [1.29, 1.82) is 0 Å². The number of primary amides is 1. The largest absolute Gasteiger partial charge is 0.480 e. The summed E-state index contributed by atoms with van der Waals surface area (Å²) in [6, 6.07) is -6.17. The van der Waals surface area contributed by atoms with Gasteiger partial charge in [0, 0.05) is 30.8 Å². The normalized spacial score (nSPS) is 13.7. The summed E-state index contributed by atoms with van der Waals surface area (Å²) in [6.07, 6.45) is 26.5. The number of ether oxygens (including phenoxy) is 2. The molecule has 0 saturated heterocycles. The molecule has 13 N–H and O–H groups in total. The first-order valence-electron chi connectivity index (χ1n) is 30.0. The Morgan fingerprint density at radius 3 is 1.32 bits per heavy atom. The van der Waals surface area contributed by atoms with Crippen molar-refractivity contribution in [2.75, 3.05) is 37.7 Å². The minimum atomic E-state index is -1.79. The first-order chi connectivity index (χ1) is 38.7. The summed E-state index contributed by atoms with van der Waals surface area (Å²) in [6.45, 7) is 4.61. The van der Waals surface area contributed by atoms with Crippen LogP contribution in [0.25, 0.3) is 0 Å². The molecule has 0 aliphatic heterocycles. The summed E-state index contributed by atoms with van der Waals surface area (Å²) < 4.78 is 11.3. The van der Waals surface area contributed by atoms with Gasteiger partial charge in [-0.05, 0) is 33.1 Å². The Hall–Kier alpha value is -5.07. The van der Waals surface area contributed by atoms with Crippen LogP contribution in [0, 0.1) is 0 Å². The molecule has 81 heavy (non-hydrogen) atoms. The van der Waals surface area contributed by atoms with Crippen molar-refractivity contribution in [3.8, 4) is 0 Å². The molecule has 0 aliphatic rings. The summed E-state index contributed by atoms with van der Waals surface area (Å²) in [5, 5.41) is 42.5. The number of hydrogen-bond donors (Lipinski definition) is 11. The molecule has 7 atom stereocenters. The standard InChI is InChI=1S/C57H104N8O15S/c1-5-7-9-11-13-15-17-19-21-23-25-27-29-31-50(72)79-38-43(80-51(73)32-30-28-26-24-22-20-18-16-14-12-10-8-6-2)39-81-40-44(58)54(74)62-36-48(70)60-35-47(69)61-37-49(71)63-45(33-34-46(59)68)55(75)64-52(41(3)66)56(76)65-53(42(4)67)57(77)78/h41-45,52-53,66-67H,5-40,58H2,1-4H3,(H2,59,68)(H,60,70)(H,61,69)(H,62,74)(H,63,71)(H,64,75)(H,65,76)(H,77,78)/t41-,42-,43-,44+,45+,52+,53+/m1/s1. The van der Waals surface area contributed by atoms with E-state index in [0.717, 1.165) is 52.4 Å². The topological polar surface area (TPSA) is 374 Å². The first kappa shape index (κ1) is 75.9. The molecule has 0 saturated carbocycles. The predicted molar refractivity (Wildman–Crippen MR) is 311 cm³/mol. The van der Waals surface area contributed by atoms with Gasteiger partial charge in [0.1, 0.15) is 24.8 Å². The van der Waals surface area contributed by atoms with Crippen LogP contribution in [0.5, 0.6) is 0 Å². The average molecular weight is 1170 g/mol. The summed E-state index contributed by atoms with van der Waals surface area (Å²) in [7, 11) is 0. The van der Waals surface area contributed by atoms with Crippen molar-refractivity contribution < 1.29 is 72.7 Å².